The number of carboxylic acids is 1. The summed E-state index contributed by atoms with van der Waals surface area (Å²) >= 11 is 9.35. The number of fused-ring (bicyclic) bond motifs is 1. The molecule has 5 heteroatoms. The zero-order chi connectivity index (χ0) is 11.7. The van der Waals surface area contributed by atoms with Crippen molar-refractivity contribution in [3.8, 4) is 5.75 Å². The van der Waals surface area contributed by atoms with Gasteiger partial charge in [0.2, 0.25) is 0 Å². The van der Waals surface area contributed by atoms with Gasteiger partial charge in [0.05, 0.1) is 5.02 Å². The van der Waals surface area contributed by atoms with E-state index in [0.717, 1.165) is 16.1 Å². The summed E-state index contributed by atoms with van der Waals surface area (Å²) in [6.07, 6.45) is 2.99. The first kappa shape index (κ1) is 11.5. The van der Waals surface area contributed by atoms with Gasteiger partial charge in [-0.05, 0) is 18.2 Å². The maximum atomic E-state index is 10.4. The molecular weight excluding hydrogens is 295 g/mol. The van der Waals surface area contributed by atoms with E-state index in [1.165, 1.54) is 6.08 Å². The van der Waals surface area contributed by atoms with Crippen LogP contribution in [0.3, 0.4) is 0 Å². The highest BCUT2D eigenvalue weighted by Crippen LogP contribution is 2.38. The molecule has 0 spiro atoms. The second-order valence-corrected chi connectivity index (χ2v) is 4.76. The molecule has 16 heavy (non-hydrogen) atoms. The fraction of sp³-hybridized carbons (Fsp3) is 0.182. The summed E-state index contributed by atoms with van der Waals surface area (Å²) < 4.78 is 6.43. The molecule has 0 amide bonds. The summed E-state index contributed by atoms with van der Waals surface area (Å²) in [5.74, 6) is -0.336. The van der Waals surface area contributed by atoms with E-state index >= 15 is 0 Å². The summed E-state index contributed by atoms with van der Waals surface area (Å²) in [5, 5.41) is 9.05. The van der Waals surface area contributed by atoms with Crippen LogP contribution in [0.1, 0.15) is 5.56 Å². The molecule has 0 aromatic heterocycles. The van der Waals surface area contributed by atoms with Gasteiger partial charge in [-0.25, -0.2) is 4.79 Å². The third-order valence-electron chi connectivity index (χ3n) is 2.23. The molecule has 0 aliphatic carbocycles. The monoisotopic (exact) mass is 302 g/mol. The molecule has 0 saturated carbocycles. The average Bonchev–Trinajstić information content (AvgIpc) is 2.57. The van der Waals surface area contributed by atoms with E-state index in [0.29, 0.717) is 17.2 Å². The molecule has 1 aliphatic rings. The molecule has 2 rings (SSSR count). The van der Waals surface area contributed by atoms with Gasteiger partial charge >= 0.3 is 5.97 Å². The Morgan fingerprint density at radius 3 is 3.06 bits per heavy atom. The lowest BCUT2D eigenvalue weighted by atomic mass is 10.1. The molecular formula is C11H8BrClO3. The Morgan fingerprint density at radius 1 is 1.62 bits per heavy atom. The van der Waals surface area contributed by atoms with Gasteiger partial charge in [-0.3, -0.25) is 0 Å². The topological polar surface area (TPSA) is 46.5 Å². The predicted molar refractivity (Wildman–Crippen MR) is 64.0 cm³/mol. The van der Waals surface area contributed by atoms with E-state index in [4.69, 9.17) is 21.4 Å². The minimum atomic E-state index is -0.980. The van der Waals surface area contributed by atoms with Crippen LogP contribution < -0.4 is 4.74 Å². The van der Waals surface area contributed by atoms with Gasteiger partial charge in [0.1, 0.15) is 11.9 Å². The number of aliphatic carboxylic acids is 1. The zero-order valence-corrected chi connectivity index (χ0v) is 10.5. The number of ether oxygens (including phenoxy) is 1. The van der Waals surface area contributed by atoms with Gasteiger partial charge in [-0.2, -0.15) is 0 Å². The first-order valence-corrected chi connectivity index (χ1v) is 5.79. The number of hydrogen-bond donors (Lipinski definition) is 1. The zero-order valence-electron chi connectivity index (χ0n) is 8.11. The molecule has 3 nitrogen and oxygen atoms in total. The van der Waals surface area contributed by atoms with Crippen molar-refractivity contribution in [2.45, 2.75) is 12.5 Å². The van der Waals surface area contributed by atoms with Crippen LogP contribution in [0.4, 0.5) is 0 Å². The normalized spacial score (nSPS) is 18.5. The van der Waals surface area contributed by atoms with E-state index in [-0.39, 0.29) is 6.10 Å². The van der Waals surface area contributed by atoms with E-state index in [1.807, 2.05) is 6.07 Å². The SMILES string of the molecule is O=C(O)C=CC1Cc2cc(Br)cc(Cl)c2O1. The lowest BCUT2D eigenvalue weighted by Gasteiger charge is -2.05. The molecule has 0 radical (unpaired) electrons. The van der Waals surface area contributed by atoms with E-state index in [1.54, 1.807) is 6.07 Å². The van der Waals surface area contributed by atoms with Crippen molar-refractivity contribution in [2.75, 3.05) is 0 Å². The van der Waals surface area contributed by atoms with Crippen LogP contribution in [0, 0.1) is 0 Å². The maximum absolute atomic E-state index is 10.4. The minimum Gasteiger partial charge on any atom is -0.484 e. The van der Waals surface area contributed by atoms with Crippen molar-refractivity contribution >= 4 is 33.5 Å². The number of hydrogen-bond acceptors (Lipinski definition) is 2. The van der Waals surface area contributed by atoms with E-state index in [2.05, 4.69) is 15.9 Å². The number of halogens is 2. The Morgan fingerprint density at radius 2 is 2.38 bits per heavy atom. The molecule has 1 heterocycles. The third kappa shape index (κ3) is 2.39. The van der Waals surface area contributed by atoms with Gasteiger partial charge in [0.25, 0.3) is 0 Å². The molecule has 84 valence electrons. The Bertz CT molecular complexity index is 471. The molecule has 1 aromatic rings. The number of benzene rings is 1. The van der Waals surface area contributed by atoms with Crippen LogP contribution in [0.25, 0.3) is 0 Å². The van der Waals surface area contributed by atoms with Gasteiger partial charge in [-0.15, -0.1) is 0 Å². The molecule has 0 saturated heterocycles. The molecule has 1 aliphatic heterocycles. The Balaban J connectivity index is 2.21. The first-order chi connectivity index (χ1) is 7.56. The summed E-state index contributed by atoms with van der Waals surface area (Å²) in [5.41, 5.74) is 0.986. The third-order valence-corrected chi connectivity index (χ3v) is 2.97. The first-order valence-electron chi connectivity index (χ1n) is 4.62. The lowest BCUT2D eigenvalue weighted by Crippen LogP contribution is -2.09. The quantitative estimate of drug-likeness (QED) is 0.854. The average molecular weight is 304 g/mol. The Hall–Kier alpha value is -1.00. The molecule has 1 N–H and O–H groups in total. The van der Waals surface area contributed by atoms with Crippen molar-refractivity contribution in [1.82, 2.24) is 0 Å². The number of rotatable bonds is 2. The number of carboxylic acid groups (broad SMARTS) is 1. The smallest absolute Gasteiger partial charge is 0.328 e. The van der Waals surface area contributed by atoms with Crippen LogP contribution in [-0.2, 0) is 11.2 Å². The van der Waals surface area contributed by atoms with Gasteiger partial charge in [-0.1, -0.05) is 27.5 Å². The number of carbonyl (C=O) groups is 1. The standard InChI is InChI=1S/C11H8BrClO3/c12-7-3-6-4-8(1-2-10(14)15)16-11(6)9(13)5-7/h1-3,5,8H,4H2,(H,14,15). The van der Waals surface area contributed by atoms with Crippen LogP contribution in [0.15, 0.2) is 28.8 Å². The van der Waals surface area contributed by atoms with Crippen molar-refractivity contribution in [2.24, 2.45) is 0 Å². The maximum Gasteiger partial charge on any atom is 0.328 e. The highest BCUT2D eigenvalue weighted by Gasteiger charge is 2.23. The molecule has 1 aromatic carbocycles. The summed E-state index contributed by atoms with van der Waals surface area (Å²) in [7, 11) is 0. The highest BCUT2D eigenvalue weighted by molar-refractivity contribution is 9.10. The second kappa shape index (κ2) is 4.47. The predicted octanol–water partition coefficient (Wildman–Crippen LogP) is 3.05. The van der Waals surface area contributed by atoms with Crippen molar-refractivity contribution in [3.05, 3.63) is 39.3 Å². The minimum absolute atomic E-state index is 0.252. The van der Waals surface area contributed by atoms with Crippen molar-refractivity contribution < 1.29 is 14.6 Å². The molecule has 0 fully saturated rings. The molecule has 0 bridgehead atoms. The van der Waals surface area contributed by atoms with E-state index in [9.17, 15) is 4.79 Å². The Kier molecular flexibility index (Phi) is 3.21. The largest absolute Gasteiger partial charge is 0.484 e. The summed E-state index contributed by atoms with van der Waals surface area (Å²) in [4.78, 5) is 10.4. The fourth-order valence-electron chi connectivity index (χ4n) is 1.60. The fourth-order valence-corrected chi connectivity index (χ4v) is 2.52. The van der Waals surface area contributed by atoms with Gasteiger partial charge in [0.15, 0.2) is 0 Å². The van der Waals surface area contributed by atoms with Crippen LogP contribution in [-0.4, -0.2) is 17.2 Å². The van der Waals surface area contributed by atoms with E-state index < -0.39 is 5.97 Å². The van der Waals surface area contributed by atoms with Crippen molar-refractivity contribution in [3.63, 3.8) is 0 Å². The molecule has 1 atom stereocenters. The van der Waals surface area contributed by atoms with Crippen LogP contribution >= 0.6 is 27.5 Å². The van der Waals surface area contributed by atoms with Crippen molar-refractivity contribution in [1.29, 1.82) is 0 Å². The lowest BCUT2D eigenvalue weighted by molar-refractivity contribution is -0.131. The van der Waals surface area contributed by atoms with Crippen LogP contribution in [0.2, 0.25) is 5.02 Å². The molecule has 1 unspecified atom stereocenters. The Labute approximate surface area is 106 Å². The van der Waals surface area contributed by atoms with Gasteiger partial charge in [0, 0.05) is 22.5 Å². The summed E-state index contributed by atoms with van der Waals surface area (Å²) in [6.45, 7) is 0. The van der Waals surface area contributed by atoms with Gasteiger partial charge < -0.3 is 9.84 Å². The second-order valence-electron chi connectivity index (χ2n) is 3.43. The summed E-state index contributed by atoms with van der Waals surface area (Å²) in [6, 6.07) is 3.68. The highest BCUT2D eigenvalue weighted by atomic mass is 79.9. The van der Waals surface area contributed by atoms with Crippen LogP contribution in [0.5, 0.6) is 5.75 Å².